The Hall–Kier alpha value is -3.94. The number of rotatable bonds is 7. The molecular weight excluding hydrogens is 398 g/mol. The zero-order valence-corrected chi connectivity index (χ0v) is 17.2. The number of amides is 3. The molecule has 0 saturated carbocycles. The highest BCUT2D eigenvalue weighted by molar-refractivity contribution is 5.97. The molecule has 0 aliphatic rings. The highest BCUT2D eigenvalue weighted by atomic mass is 16.4. The third-order valence-corrected chi connectivity index (χ3v) is 4.52. The summed E-state index contributed by atoms with van der Waals surface area (Å²) < 4.78 is 5.15. The van der Waals surface area contributed by atoms with E-state index < -0.39 is 11.5 Å². The van der Waals surface area contributed by atoms with E-state index in [1.807, 2.05) is 0 Å². The van der Waals surface area contributed by atoms with Gasteiger partial charge in [0, 0.05) is 35.6 Å². The van der Waals surface area contributed by atoms with Gasteiger partial charge >= 0.3 is 5.63 Å². The van der Waals surface area contributed by atoms with Crippen LogP contribution in [0.4, 0.5) is 5.69 Å². The molecular formula is C23H23N3O5. The van der Waals surface area contributed by atoms with Gasteiger partial charge in [-0.3, -0.25) is 14.4 Å². The molecule has 31 heavy (non-hydrogen) atoms. The van der Waals surface area contributed by atoms with E-state index in [0.29, 0.717) is 22.2 Å². The van der Waals surface area contributed by atoms with Crippen molar-refractivity contribution in [1.82, 2.24) is 10.6 Å². The molecule has 1 heterocycles. The molecule has 1 aromatic heterocycles. The summed E-state index contributed by atoms with van der Waals surface area (Å²) >= 11 is 0. The van der Waals surface area contributed by atoms with Crippen molar-refractivity contribution in [2.75, 3.05) is 18.4 Å². The van der Waals surface area contributed by atoms with Crippen LogP contribution < -0.4 is 21.6 Å². The molecule has 0 bridgehead atoms. The van der Waals surface area contributed by atoms with Crippen LogP contribution in [0, 0.1) is 5.92 Å². The van der Waals surface area contributed by atoms with E-state index >= 15 is 0 Å². The number of para-hydroxylation sites is 1. The SMILES string of the molecule is CC(C)C(=O)Nc1ccc(C(=O)NCCNC(=O)c2cc3ccccc3oc2=O)cc1. The first-order valence-electron chi connectivity index (χ1n) is 9.85. The molecule has 3 rings (SSSR count). The molecule has 0 unspecified atom stereocenters. The van der Waals surface area contributed by atoms with Crippen molar-refractivity contribution in [3.63, 3.8) is 0 Å². The number of carbonyl (C=O) groups excluding carboxylic acids is 3. The van der Waals surface area contributed by atoms with E-state index in [0.717, 1.165) is 0 Å². The van der Waals surface area contributed by atoms with E-state index in [9.17, 15) is 19.2 Å². The maximum atomic E-state index is 12.3. The largest absolute Gasteiger partial charge is 0.422 e. The third kappa shape index (κ3) is 5.57. The van der Waals surface area contributed by atoms with Crippen LogP contribution in [0.15, 0.2) is 63.8 Å². The quantitative estimate of drug-likeness (QED) is 0.400. The Morgan fingerprint density at radius 1 is 0.903 bits per heavy atom. The molecule has 0 saturated heterocycles. The van der Waals surface area contributed by atoms with Crippen LogP contribution in [0.1, 0.15) is 34.6 Å². The zero-order chi connectivity index (χ0) is 22.4. The summed E-state index contributed by atoms with van der Waals surface area (Å²) in [5.74, 6) is -1.13. The molecule has 0 radical (unpaired) electrons. The predicted octanol–water partition coefficient (Wildman–Crippen LogP) is 2.55. The van der Waals surface area contributed by atoms with Gasteiger partial charge in [0.1, 0.15) is 11.1 Å². The lowest BCUT2D eigenvalue weighted by molar-refractivity contribution is -0.118. The van der Waals surface area contributed by atoms with Crippen molar-refractivity contribution in [3.8, 4) is 0 Å². The maximum absolute atomic E-state index is 12.3. The molecule has 3 amide bonds. The van der Waals surface area contributed by atoms with Crippen molar-refractivity contribution >= 4 is 34.4 Å². The van der Waals surface area contributed by atoms with E-state index in [-0.39, 0.29) is 36.4 Å². The first-order chi connectivity index (χ1) is 14.8. The van der Waals surface area contributed by atoms with Gasteiger partial charge in [0.05, 0.1) is 0 Å². The van der Waals surface area contributed by atoms with Gasteiger partial charge in [0.15, 0.2) is 0 Å². The van der Waals surface area contributed by atoms with Crippen LogP contribution in [-0.2, 0) is 4.79 Å². The molecule has 0 fully saturated rings. The number of benzene rings is 2. The van der Waals surface area contributed by atoms with Crippen molar-refractivity contribution < 1.29 is 18.8 Å². The Labute approximate surface area is 178 Å². The highest BCUT2D eigenvalue weighted by Crippen LogP contribution is 2.13. The summed E-state index contributed by atoms with van der Waals surface area (Å²) in [5.41, 5.74) is 0.626. The maximum Gasteiger partial charge on any atom is 0.349 e. The van der Waals surface area contributed by atoms with E-state index in [4.69, 9.17) is 4.42 Å². The van der Waals surface area contributed by atoms with Gasteiger partial charge in [-0.05, 0) is 36.4 Å². The summed E-state index contributed by atoms with van der Waals surface area (Å²) in [6, 6.07) is 14.9. The minimum atomic E-state index is -0.718. The van der Waals surface area contributed by atoms with Crippen LogP contribution in [0.2, 0.25) is 0 Å². The average molecular weight is 421 g/mol. The lowest BCUT2D eigenvalue weighted by atomic mass is 10.1. The smallest absolute Gasteiger partial charge is 0.349 e. The topological polar surface area (TPSA) is 118 Å². The van der Waals surface area contributed by atoms with Gasteiger partial charge in [0.25, 0.3) is 11.8 Å². The molecule has 8 heteroatoms. The molecule has 160 valence electrons. The first-order valence-corrected chi connectivity index (χ1v) is 9.85. The van der Waals surface area contributed by atoms with E-state index in [1.165, 1.54) is 6.07 Å². The first kappa shape index (κ1) is 21.8. The molecule has 3 N–H and O–H groups in total. The number of fused-ring (bicyclic) bond motifs is 1. The van der Waals surface area contributed by atoms with Gasteiger partial charge in [-0.2, -0.15) is 0 Å². The van der Waals surface area contributed by atoms with Crippen molar-refractivity contribution in [2.24, 2.45) is 5.92 Å². The minimum Gasteiger partial charge on any atom is -0.422 e. The Kier molecular flexibility index (Phi) is 6.81. The van der Waals surface area contributed by atoms with Crippen LogP contribution >= 0.6 is 0 Å². The molecule has 2 aromatic carbocycles. The van der Waals surface area contributed by atoms with Gasteiger partial charge in [0.2, 0.25) is 5.91 Å². The Bertz CT molecular complexity index is 1170. The van der Waals surface area contributed by atoms with Gasteiger partial charge in [-0.1, -0.05) is 32.0 Å². The number of anilines is 1. The third-order valence-electron chi connectivity index (χ3n) is 4.52. The standard InChI is InChI=1S/C23H23N3O5/c1-14(2)20(27)26-17-9-7-15(8-10-17)21(28)24-11-12-25-22(29)18-13-16-5-3-4-6-19(16)31-23(18)30/h3-10,13-14H,11-12H2,1-2H3,(H,24,28)(H,25,29)(H,26,27). The average Bonchev–Trinajstić information content (AvgIpc) is 2.76. The Balaban J connectivity index is 1.50. The second kappa shape index (κ2) is 9.71. The van der Waals surface area contributed by atoms with Crippen LogP contribution in [-0.4, -0.2) is 30.8 Å². The summed E-state index contributed by atoms with van der Waals surface area (Å²) in [6.45, 7) is 3.90. The molecule has 0 atom stereocenters. The number of carbonyl (C=O) groups is 3. The fourth-order valence-corrected chi connectivity index (χ4v) is 2.76. The molecule has 8 nitrogen and oxygen atoms in total. The van der Waals surface area contributed by atoms with Crippen LogP contribution in [0.25, 0.3) is 11.0 Å². The predicted molar refractivity (Wildman–Crippen MR) is 117 cm³/mol. The molecule has 0 aliphatic carbocycles. The summed E-state index contributed by atoms with van der Waals surface area (Å²) in [4.78, 5) is 48.2. The minimum absolute atomic E-state index is 0.0935. The second-order valence-corrected chi connectivity index (χ2v) is 7.22. The monoisotopic (exact) mass is 421 g/mol. The summed E-state index contributed by atoms with van der Waals surface area (Å²) in [5, 5.41) is 8.68. The van der Waals surface area contributed by atoms with E-state index in [1.54, 1.807) is 62.4 Å². The summed E-state index contributed by atoms with van der Waals surface area (Å²) in [7, 11) is 0. The highest BCUT2D eigenvalue weighted by Gasteiger charge is 2.13. The molecule has 0 spiro atoms. The zero-order valence-electron chi connectivity index (χ0n) is 17.2. The molecule has 0 aliphatic heterocycles. The van der Waals surface area contributed by atoms with Crippen LogP contribution in [0.3, 0.4) is 0 Å². The van der Waals surface area contributed by atoms with Crippen molar-refractivity contribution in [3.05, 3.63) is 76.1 Å². The lowest BCUT2D eigenvalue weighted by Crippen LogP contribution is -2.36. The number of hydrogen-bond donors (Lipinski definition) is 3. The molecule has 3 aromatic rings. The van der Waals surface area contributed by atoms with Gasteiger partial charge < -0.3 is 20.4 Å². The second-order valence-electron chi connectivity index (χ2n) is 7.22. The van der Waals surface area contributed by atoms with Crippen molar-refractivity contribution in [1.29, 1.82) is 0 Å². The van der Waals surface area contributed by atoms with Crippen LogP contribution in [0.5, 0.6) is 0 Å². The number of hydrogen-bond acceptors (Lipinski definition) is 5. The van der Waals surface area contributed by atoms with Crippen molar-refractivity contribution in [2.45, 2.75) is 13.8 Å². The lowest BCUT2D eigenvalue weighted by Gasteiger charge is -2.09. The van der Waals surface area contributed by atoms with Gasteiger partial charge in [-0.15, -0.1) is 0 Å². The number of nitrogens with one attached hydrogen (secondary N) is 3. The fraction of sp³-hybridized carbons (Fsp3) is 0.217. The Morgan fingerprint density at radius 3 is 2.23 bits per heavy atom. The van der Waals surface area contributed by atoms with E-state index in [2.05, 4.69) is 16.0 Å². The Morgan fingerprint density at radius 2 is 1.55 bits per heavy atom. The normalized spacial score (nSPS) is 10.7. The fourth-order valence-electron chi connectivity index (χ4n) is 2.76. The summed E-state index contributed by atoms with van der Waals surface area (Å²) in [6.07, 6.45) is 0. The van der Waals surface area contributed by atoms with Gasteiger partial charge in [-0.25, -0.2) is 4.79 Å².